The zero-order chi connectivity index (χ0) is 27.8. The number of Topliss-reactive ketones (excluding diaryl/α,β-unsaturated/α-hetero) is 1. The summed E-state index contributed by atoms with van der Waals surface area (Å²) in [6, 6.07) is 16.0. The van der Waals surface area contributed by atoms with Crippen molar-refractivity contribution in [2.75, 3.05) is 13.7 Å². The number of methoxy groups -OCH3 is 1. The van der Waals surface area contributed by atoms with E-state index in [0.29, 0.717) is 55.2 Å². The lowest BCUT2D eigenvalue weighted by atomic mass is 9.79. The van der Waals surface area contributed by atoms with Crippen molar-refractivity contribution in [2.45, 2.75) is 26.4 Å². The minimum absolute atomic E-state index is 0.163. The van der Waals surface area contributed by atoms with Crippen LogP contribution in [0.1, 0.15) is 46.8 Å². The highest BCUT2D eigenvalue weighted by Crippen LogP contribution is 2.49. The van der Waals surface area contributed by atoms with Gasteiger partial charge in [-0.15, -0.1) is 0 Å². The lowest BCUT2D eigenvalue weighted by Gasteiger charge is -2.29. The Morgan fingerprint density at radius 3 is 2.41 bits per heavy atom. The molecule has 3 aromatic carbocycles. The summed E-state index contributed by atoms with van der Waals surface area (Å²) in [4.78, 5) is 26.9. The van der Waals surface area contributed by atoms with Gasteiger partial charge in [-0.25, -0.2) is 4.79 Å². The van der Waals surface area contributed by atoms with Crippen LogP contribution in [0, 0.1) is 0 Å². The lowest BCUT2D eigenvalue weighted by Crippen LogP contribution is -2.29. The van der Waals surface area contributed by atoms with Crippen LogP contribution in [-0.4, -0.2) is 25.5 Å². The molecule has 0 fully saturated rings. The summed E-state index contributed by atoms with van der Waals surface area (Å²) in [6.07, 6.45) is 0. The molecule has 0 aromatic heterocycles. The summed E-state index contributed by atoms with van der Waals surface area (Å²) < 4.78 is 17.1. The quantitative estimate of drug-likeness (QED) is 0.292. The van der Waals surface area contributed by atoms with Gasteiger partial charge < -0.3 is 19.5 Å². The Morgan fingerprint density at radius 1 is 0.974 bits per heavy atom. The van der Waals surface area contributed by atoms with E-state index in [4.69, 9.17) is 49.0 Å². The Kier molecular flexibility index (Phi) is 7.63. The van der Waals surface area contributed by atoms with Crippen LogP contribution in [0.15, 0.2) is 71.4 Å². The predicted octanol–water partition coefficient (Wildman–Crippen LogP) is 7.37. The molecule has 0 amide bonds. The lowest BCUT2D eigenvalue weighted by molar-refractivity contribution is -0.138. The molecule has 1 N–H and O–H groups in total. The van der Waals surface area contributed by atoms with Gasteiger partial charge in [0.15, 0.2) is 17.3 Å². The Morgan fingerprint density at radius 2 is 1.72 bits per heavy atom. The Hall–Kier alpha value is -3.45. The molecule has 39 heavy (non-hydrogen) atoms. The molecular weight excluding hydrogens is 561 g/mol. The SMILES string of the molecule is CCOC(=O)C1=C(C)NC2=C(C(=O)c3ccccc32)[C@H]1c1cc(Cl)c(OCc2ccc(Cl)c(Cl)c2)c(OC)c1. The number of hydrogen-bond acceptors (Lipinski definition) is 6. The molecule has 9 heteroatoms. The van der Waals surface area contributed by atoms with Crippen molar-refractivity contribution in [1.82, 2.24) is 5.32 Å². The number of ether oxygens (including phenoxy) is 3. The number of halogens is 3. The Balaban J connectivity index is 1.59. The molecule has 5 rings (SSSR count). The third-order valence-corrected chi connectivity index (χ3v) is 7.72. The summed E-state index contributed by atoms with van der Waals surface area (Å²) in [7, 11) is 1.50. The molecule has 0 bridgehead atoms. The number of carbonyl (C=O) groups is 2. The molecule has 0 radical (unpaired) electrons. The van der Waals surface area contributed by atoms with Crippen molar-refractivity contribution < 1.29 is 23.8 Å². The zero-order valence-corrected chi connectivity index (χ0v) is 23.6. The number of hydrogen-bond donors (Lipinski definition) is 1. The highest BCUT2D eigenvalue weighted by atomic mass is 35.5. The maximum absolute atomic E-state index is 13.7. The first-order valence-corrected chi connectivity index (χ1v) is 13.4. The normalized spacial score (nSPS) is 16.1. The summed E-state index contributed by atoms with van der Waals surface area (Å²) in [5, 5.41) is 4.40. The van der Waals surface area contributed by atoms with Crippen molar-refractivity contribution >= 4 is 52.3 Å². The number of esters is 1. The van der Waals surface area contributed by atoms with Gasteiger partial charge in [0.2, 0.25) is 0 Å². The molecule has 3 aromatic rings. The van der Waals surface area contributed by atoms with E-state index in [1.54, 1.807) is 50.2 Å². The average molecular weight is 585 g/mol. The second kappa shape index (κ2) is 11.0. The number of carbonyl (C=O) groups excluding carboxylic acids is 2. The third kappa shape index (κ3) is 4.89. The fourth-order valence-corrected chi connectivity index (χ4v) is 5.57. The van der Waals surface area contributed by atoms with Crippen molar-refractivity contribution in [2.24, 2.45) is 0 Å². The van der Waals surface area contributed by atoms with Gasteiger partial charge in [0.05, 0.1) is 40.1 Å². The van der Waals surface area contributed by atoms with E-state index in [9.17, 15) is 9.59 Å². The van der Waals surface area contributed by atoms with Gasteiger partial charge in [-0.2, -0.15) is 0 Å². The van der Waals surface area contributed by atoms with E-state index in [0.717, 1.165) is 11.1 Å². The van der Waals surface area contributed by atoms with Gasteiger partial charge >= 0.3 is 5.97 Å². The van der Waals surface area contributed by atoms with Gasteiger partial charge in [-0.1, -0.05) is 65.1 Å². The van der Waals surface area contributed by atoms with Crippen molar-refractivity contribution in [3.05, 3.63) is 109 Å². The summed E-state index contributed by atoms with van der Waals surface area (Å²) in [5.41, 5.74) is 4.78. The molecule has 6 nitrogen and oxygen atoms in total. The minimum Gasteiger partial charge on any atom is -0.493 e. The summed E-state index contributed by atoms with van der Waals surface area (Å²) >= 11 is 18.9. The molecule has 1 heterocycles. The Bertz CT molecular complexity index is 1580. The van der Waals surface area contributed by atoms with Gasteiger partial charge in [0, 0.05) is 28.3 Å². The number of nitrogens with one attached hydrogen (secondary N) is 1. The average Bonchev–Trinajstić information content (AvgIpc) is 3.20. The molecule has 0 saturated carbocycles. The molecule has 1 aliphatic heterocycles. The third-order valence-electron chi connectivity index (χ3n) is 6.70. The number of dihydropyridines is 1. The van der Waals surface area contributed by atoms with E-state index < -0.39 is 11.9 Å². The maximum Gasteiger partial charge on any atom is 0.336 e. The summed E-state index contributed by atoms with van der Waals surface area (Å²) in [6.45, 7) is 3.88. The molecule has 0 spiro atoms. The molecule has 2 aliphatic rings. The van der Waals surface area contributed by atoms with Crippen LogP contribution in [0.25, 0.3) is 5.70 Å². The number of ketones is 1. The van der Waals surface area contributed by atoms with Gasteiger partial charge in [0.25, 0.3) is 0 Å². The maximum atomic E-state index is 13.7. The smallest absolute Gasteiger partial charge is 0.336 e. The molecule has 1 aliphatic carbocycles. The van der Waals surface area contributed by atoms with E-state index in [2.05, 4.69) is 5.32 Å². The van der Waals surface area contributed by atoms with Crippen LogP contribution >= 0.6 is 34.8 Å². The first-order valence-electron chi connectivity index (χ1n) is 12.2. The van der Waals surface area contributed by atoms with E-state index in [1.165, 1.54) is 7.11 Å². The van der Waals surface area contributed by atoms with Crippen molar-refractivity contribution in [3.8, 4) is 11.5 Å². The second-order valence-corrected chi connectivity index (χ2v) is 10.3. The van der Waals surface area contributed by atoms with E-state index in [1.807, 2.05) is 18.2 Å². The van der Waals surface area contributed by atoms with Crippen LogP contribution in [0.5, 0.6) is 11.5 Å². The van der Waals surface area contributed by atoms with Crippen LogP contribution < -0.4 is 14.8 Å². The Labute approximate surface area is 241 Å². The number of allylic oxidation sites excluding steroid dienone is 2. The number of benzene rings is 3. The largest absolute Gasteiger partial charge is 0.493 e. The van der Waals surface area contributed by atoms with E-state index in [-0.39, 0.29) is 24.0 Å². The zero-order valence-electron chi connectivity index (χ0n) is 21.4. The first-order chi connectivity index (χ1) is 18.7. The molecule has 1 atom stereocenters. The monoisotopic (exact) mass is 583 g/mol. The minimum atomic E-state index is -0.740. The fraction of sp³-hybridized carbons (Fsp3) is 0.200. The number of rotatable bonds is 7. The van der Waals surface area contributed by atoms with Crippen molar-refractivity contribution in [1.29, 1.82) is 0 Å². The van der Waals surface area contributed by atoms with Gasteiger partial charge in [0.1, 0.15) is 6.61 Å². The fourth-order valence-electron chi connectivity index (χ4n) is 4.97. The van der Waals surface area contributed by atoms with Crippen LogP contribution in [0.2, 0.25) is 15.1 Å². The predicted molar refractivity (Wildman–Crippen MR) is 152 cm³/mol. The highest BCUT2D eigenvalue weighted by molar-refractivity contribution is 6.42. The van der Waals surface area contributed by atoms with Crippen molar-refractivity contribution in [3.63, 3.8) is 0 Å². The van der Waals surface area contributed by atoms with Crippen LogP contribution in [-0.2, 0) is 16.1 Å². The molecule has 200 valence electrons. The molecule has 0 unspecified atom stereocenters. The van der Waals surface area contributed by atoms with Gasteiger partial charge in [-0.3, -0.25) is 4.79 Å². The molecule has 0 saturated heterocycles. The van der Waals surface area contributed by atoms with Crippen LogP contribution in [0.3, 0.4) is 0 Å². The first kappa shape index (κ1) is 27.1. The standard InChI is InChI=1S/C30H24Cl3NO5/c1-4-38-30(36)24-15(2)34-27-18-7-5-6-8-19(18)28(35)26(27)25(24)17-12-22(33)29(23(13-17)37-3)39-14-16-9-10-20(31)21(32)11-16/h5-13,25,34H,4,14H2,1-3H3/t25-/m0/s1. The van der Waals surface area contributed by atoms with Crippen LogP contribution in [0.4, 0.5) is 0 Å². The van der Waals surface area contributed by atoms with Gasteiger partial charge in [-0.05, 0) is 49.2 Å². The van der Waals surface area contributed by atoms with E-state index >= 15 is 0 Å². The molecular formula is C30H24Cl3NO5. The number of fused-ring (bicyclic) bond motifs is 2. The topological polar surface area (TPSA) is 73.9 Å². The second-order valence-electron chi connectivity index (χ2n) is 9.05. The highest BCUT2D eigenvalue weighted by Gasteiger charge is 2.43. The summed E-state index contributed by atoms with van der Waals surface area (Å²) in [5.74, 6) is -0.755.